The van der Waals surface area contributed by atoms with Crippen molar-refractivity contribution in [1.29, 1.82) is 0 Å². The summed E-state index contributed by atoms with van der Waals surface area (Å²) in [4.78, 5) is 14.3. The molecule has 0 aliphatic carbocycles. The number of hydrogen-bond donors (Lipinski definition) is 1. The number of rotatable bonds is 5. The third kappa shape index (κ3) is 5.10. The summed E-state index contributed by atoms with van der Waals surface area (Å²) in [6.45, 7) is 9.96. The van der Waals surface area contributed by atoms with Crippen LogP contribution >= 0.6 is 0 Å². The van der Waals surface area contributed by atoms with E-state index >= 15 is 0 Å². The zero-order valence-electron chi connectivity index (χ0n) is 16.3. The van der Waals surface area contributed by atoms with Crippen LogP contribution in [0.25, 0.3) is 6.08 Å². The van der Waals surface area contributed by atoms with Crippen LogP contribution in [0.4, 0.5) is 4.79 Å². The van der Waals surface area contributed by atoms with E-state index in [1.54, 1.807) is 0 Å². The molecule has 4 nitrogen and oxygen atoms in total. The Hall–Kier alpha value is -1.81. The molecule has 1 aromatic rings. The number of alkyl carbamates (subject to hydrolysis) is 1. The maximum atomic E-state index is 11.7. The monoisotopic (exact) mass is 356 g/mol. The van der Waals surface area contributed by atoms with Gasteiger partial charge in [-0.3, -0.25) is 0 Å². The number of piperidine rings is 3. The molecule has 26 heavy (non-hydrogen) atoms. The summed E-state index contributed by atoms with van der Waals surface area (Å²) in [5.74, 6) is 1.50. The molecule has 0 saturated carbocycles. The number of fused-ring (bicyclic) bond motifs is 3. The average molecular weight is 357 g/mol. The van der Waals surface area contributed by atoms with E-state index in [-0.39, 0.29) is 6.09 Å². The molecular formula is C22H32N2O2. The van der Waals surface area contributed by atoms with E-state index in [2.05, 4.69) is 46.6 Å². The fraction of sp³-hybridized carbons (Fsp3) is 0.591. The summed E-state index contributed by atoms with van der Waals surface area (Å²) < 4.78 is 5.25. The van der Waals surface area contributed by atoms with E-state index < -0.39 is 5.60 Å². The number of nitrogens with one attached hydrogen (secondary N) is 1. The molecule has 4 heteroatoms. The molecule has 0 spiro atoms. The Kier molecular flexibility index (Phi) is 6.02. The Bertz CT molecular complexity index is 640. The van der Waals surface area contributed by atoms with Gasteiger partial charge in [-0.25, -0.2) is 4.79 Å². The van der Waals surface area contributed by atoms with E-state index in [9.17, 15) is 4.79 Å². The quantitative estimate of drug-likeness (QED) is 0.794. The molecule has 2 bridgehead atoms. The van der Waals surface area contributed by atoms with Crippen molar-refractivity contribution in [2.24, 2.45) is 5.92 Å². The van der Waals surface area contributed by atoms with Gasteiger partial charge < -0.3 is 15.0 Å². The van der Waals surface area contributed by atoms with Crippen LogP contribution in [0.2, 0.25) is 0 Å². The second kappa shape index (κ2) is 8.26. The second-order valence-electron chi connectivity index (χ2n) is 8.49. The van der Waals surface area contributed by atoms with Gasteiger partial charge in [0.15, 0.2) is 0 Å². The lowest BCUT2D eigenvalue weighted by Crippen LogP contribution is -2.46. The van der Waals surface area contributed by atoms with Gasteiger partial charge in [-0.2, -0.15) is 0 Å². The van der Waals surface area contributed by atoms with E-state index in [0.717, 1.165) is 12.3 Å². The van der Waals surface area contributed by atoms with Gasteiger partial charge >= 0.3 is 6.09 Å². The fourth-order valence-electron chi connectivity index (χ4n) is 4.10. The SMILES string of the molecule is CC(C)(C)OC(=O)NCC/C=C/c1ccccc1[C@@H]1CN2CCC1CC2. The van der Waals surface area contributed by atoms with Crippen LogP contribution < -0.4 is 5.32 Å². The van der Waals surface area contributed by atoms with Crippen LogP contribution in [-0.2, 0) is 4.74 Å². The molecule has 1 N–H and O–H groups in total. The van der Waals surface area contributed by atoms with Crippen molar-refractivity contribution in [3.05, 3.63) is 41.5 Å². The highest BCUT2D eigenvalue weighted by molar-refractivity contribution is 5.67. The van der Waals surface area contributed by atoms with Crippen molar-refractivity contribution in [2.75, 3.05) is 26.2 Å². The Morgan fingerprint density at radius 2 is 2.00 bits per heavy atom. The second-order valence-corrected chi connectivity index (χ2v) is 8.49. The Morgan fingerprint density at radius 3 is 2.65 bits per heavy atom. The lowest BCUT2D eigenvalue weighted by atomic mass is 9.74. The third-order valence-electron chi connectivity index (χ3n) is 5.33. The molecule has 142 valence electrons. The first-order chi connectivity index (χ1) is 12.4. The van der Waals surface area contributed by atoms with Crippen LogP contribution in [-0.4, -0.2) is 42.8 Å². The highest BCUT2D eigenvalue weighted by Gasteiger charge is 2.35. The fourth-order valence-corrected chi connectivity index (χ4v) is 4.10. The van der Waals surface area contributed by atoms with Gasteiger partial charge in [-0.05, 0) is 70.2 Å². The summed E-state index contributed by atoms with van der Waals surface area (Å²) in [5, 5.41) is 2.81. The molecule has 3 saturated heterocycles. The molecule has 1 amide bonds. The largest absolute Gasteiger partial charge is 0.444 e. The van der Waals surface area contributed by atoms with Crippen molar-refractivity contribution in [3.8, 4) is 0 Å². The van der Waals surface area contributed by atoms with Crippen molar-refractivity contribution in [2.45, 2.75) is 51.6 Å². The molecule has 0 radical (unpaired) electrons. The zero-order chi connectivity index (χ0) is 18.6. The zero-order valence-corrected chi connectivity index (χ0v) is 16.3. The van der Waals surface area contributed by atoms with E-state index in [1.807, 2.05) is 20.8 Å². The topological polar surface area (TPSA) is 41.6 Å². The summed E-state index contributed by atoms with van der Waals surface area (Å²) in [5.41, 5.74) is 2.36. The first-order valence-electron chi connectivity index (χ1n) is 9.87. The van der Waals surface area contributed by atoms with E-state index in [4.69, 9.17) is 4.74 Å². The van der Waals surface area contributed by atoms with Crippen LogP contribution in [0.5, 0.6) is 0 Å². The minimum atomic E-state index is -0.450. The minimum absolute atomic E-state index is 0.349. The molecule has 3 heterocycles. The highest BCUT2D eigenvalue weighted by Crippen LogP contribution is 2.40. The standard InChI is InChI=1S/C22H32N2O2/c1-22(2,3)26-21(25)23-13-7-6-9-17-8-4-5-10-19(17)20-16-24-14-11-18(20)12-15-24/h4-6,8-10,18,20H,7,11-16H2,1-3H3,(H,23,25)/b9-6+/t20-/m1/s1. The molecule has 1 aromatic carbocycles. The van der Waals surface area contributed by atoms with Gasteiger partial charge in [-0.15, -0.1) is 0 Å². The van der Waals surface area contributed by atoms with Crippen molar-refractivity contribution in [1.82, 2.24) is 10.2 Å². The maximum Gasteiger partial charge on any atom is 0.407 e. The molecule has 0 aromatic heterocycles. The van der Waals surface area contributed by atoms with Crippen LogP contribution in [0.1, 0.15) is 57.1 Å². The van der Waals surface area contributed by atoms with Gasteiger partial charge in [0.25, 0.3) is 0 Å². The number of carbonyl (C=O) groups excluding carboxylic acids is 1. The number of amides is 1. The average Bonchev–Trinajstić information content (AvgIpc) is 2.61. The first-order valence-corrected chi connectivity index (χ1v) is 9.87. The number of benzene rings is 1. The molecular weight excluding hydrogens is 324 g/mol. The maximum absolute atomic E-state index is 11.7. The van der Waals surface area contributed by atoms with Crippen LogP contribution in [0.15, 0.2) is 30.3 Å². The van der Waals surface area contributed by atoms with Crippen LogP contribution in [0.3, 0.4) is 0 Å². The number of carbonyl (C=O) groups is 1. The molecule has 3 aliphatic heterocycles. The van der Waals surface area contributed by atoms with Crippen molar-refractivity contribution >= 4 is 12.2 Å². The van der Waals surface area contributed by atoms with Gasteiger partial charge in [0.2, 0.25) is 0 Å². The normalized spacial score (nSPS) is 25.4. The molecule has 3 fully saturated rings. The highest BCUT2D eigenvalue weighted by atomic mass is 16.6. The Balaban J connectivity index is 1.54. The summed E-state index contributed by atoms with van der Waals surface area (Å²) in [6, 6.07) is 8.79. The van der Waals surface area contributed by atoms with Crippen LogP contribution in [0, 0.1) is 5.92 Å². The van der Waals surface area contributed by atoms with Crippen molar-refractivity contribution in [3.63, 3.8) is 0 Å². The molecule has 0 unspecified atom stereocenters. The number of hydrogen-bond acceptors (Lipinski definition) is 3. The van der Waals surface area contributed by atoms with E-state index in [0.29, 0.717) is 12.5 Å². The predicted molar refractivity (Wildman–Crippen MR) is 106 cm³/mol. The predicted octanol–water partition coefficient (Wildman–Crippen LogP) is 4.42. The molecule has 1 atom stereocenters. The Morgan fingerprint density at radius 1 is 1.27 bits per heavy atom. The van der Waals surface area contributed by atoms with Gasteiger partial charge in [0, 0.05) is 19.0 Å². The summed E-state index contributed by atoms with van der Waals surface area (Å²) >= 11 is 0. The summed E-state index contributed by atoms with van der Waals surface area (Å²) in [6.07, 6.45) is 7.48. The van der Waals surface area contributed by atoms with Gasteiger partial charge in [0.1, 0.15) is 5.60 Å². The Labute approximate surface area is 157 Å². The minimum Gasteiger partial charge on any atom is -0.444 e. The number of ether oxygens (including phenoxy) is 1. The molecule has 4 rings (SSSR count). The van der Waals surface area contributed by atoms with Gasteiger partial charge in [-0.1, -0.05) is 36.4 Å². The smallest absolute Gasteiger partial charge is 0.407 e. The van der Waals surface area contributed by atoms with Crippen molar-refractivity contribution < 1.29 is 9.53 Å². The lowest BCUT2D eigenvalue weighted by Gasteiger charge is -2.45. The summed E-state index contributed by atoms with van der Waals surface area (Å²) in [7, 11) is 0. The number of nitrogens with zero attached hydrogens (tertiary/aromatic N) is 1. The van der Waals surface area contributed by atoms with Gasteiger partial charge in [0.05, 0.1) is 0 Å². The molecule has 3 aliphatic rings. The third-order valence-corrected chi connectivity index (χ3v) is 5.33. The van der Waals surface area contributed by atoms with E-state index in [1.165, 1.54) is 43.6 Å². The lowest BCUT2D eigenvalue weighted by molar-refractivity contribution is 0.0529. The first kappa shape index (κ1) is 19.0.